The van der Waals surface area contributed by atoms with E-state index in [-0.39, 0.29) is 40.7 Å². The van der Waals surface area contributed by atoms with Gasteiger partial charge in [0.15, 0.2) is 0 Å². The monoisotopic (exact) mass is 368 g/mol. The largest absolute Gasteiger partial charge is 0.462 e. The predicted octanol–water partition coefficient (Wildman–Crippen LogP) is 3.57. The van der Waals surface area contributed by atoms with Crippen LogP contribution in [0.4, 0.5) is 5.69 Å². The molecule has 2 saturated carbocycles. The number of hydrogen-bond donors (Lipinski definition) is 0. The number of hydrogen-bond acceptors (Lipinski definition) is 5. The van der Waals surface area contributed by atoms with Crippen LogP contribution in [0.5, 0.6) is 0 Å². The summed E-state index contributed by atoms with van der Waals surface area (Å²) in [6, 6.07) is 7.74. The molecule has 4 aliphatic rings. The van der Waals surface area contributed by atoms with Crippen LogP contribution in [0, 0.1) is 39.7 Å². The number of nitro groups is 1. The average molecular weight is 368 g/mol. The quantitative estimate of drug-likeness (QED) is 0.454. The van der Waals surface area contributed by atoms with Crippen LogP contribution in [0.2, 0.25) is 0 Å². The second-order valence-corrected chi connectivity index (χ2v) is 8.67. The molecule has 0 aromatic heterocycles. The summed E-state index contributed by atoms with van der Waals surface area (Å²) < 4.78 is 5.63. The van der Waals surface area contributed by atoms with Crippen molar-refractivity contribution >= 4 is 17.4 Å². The summed E-state index contributed by atoms with van der Waals surface area (Å²) in [6.07, 6.45) is 3.52. The van der Waals surface area contributed by atoms with Crippen LogP contribution in [0.3, 0.4) is 0 Å². The van der Waals surface area contributed by atoms with E-state index in [0.717, 1.165) is 30.7 Å². The number of ether oxygens (including phenoxy) is 1. The van der Waals surface area contributed by atoms with Crippen LogP contribution in [-0.4, -0.2) is 28.8 Å². The fourth-order valence-corrected chi connectivity index (χ4v) is 6.26. The molecule has 142 valence electrons. The molecule has 0 spiro atoms. The molecule has 7 atom stereocenters. The topological polar surface area (TPSA) is 81.8 Å². The second kappa shape index (κ2) is 6.14. The van der Waals surface area contributed by atoms with Gasteiger partial charge in [-0.25, -0.2) is 0 Å². The third-order valence-corrected chi connectivity index (χ3v) is 7.37. The Morgan fingerprint density at radius 3 is 2.81 bits per heavy atom. The van der Waals surface area contributed by atoms with Crippen LogP contribution < -0.4 is 0 Å². The normalized spacial score (nSPS) is 39.8. The summed E-state index contributed by atoms with van der Waals surface area (Å²) in [5, 5.41) is 11.3. The van der Waals surface area contributed by atoms with Gasteiger partial charge in [-0.2, -0.15) is 0 Å². The zero-order chi connectivity index (χ0) is 18.7. The molecule has 2 aliphatic carbocycles. The number of aliphatic imine (C=N–C) groups is 1. The maximum Gasteiger partial charge on any atom is 0.309 e. The zero-order valence-corrected chi connectivity index (χ0v) is 15.4. The van der Waals surface area contributed by atoms with Gasteiger partial charge < -0.3 is 4.74 Å². The Morgan fingerprint density at radius 2 is 2.04 bits per heavy atom. The molecule has 6 nitrogen and oxygen atoms in total. The molecular formula is C21H24N2O4. The SMILES string of the molecule is C[C@H]1OC(=O)[C@@H]2CC3C[C@H]([N+](=O)[O-])CC[C@H]3[C@H](C3=Nc4ccccc4C3)[C@H]12. The number of benzene rings is 1. The van der Waals surface area contributed by atoms with Crippen molar-refractivity contribution in [2.75, 3.05) is 0 Å². The van der Waals surface area contributed by atoms with Crippen LogP contribution in [0.15, 0.2) is 29.3 Å². The van der Waals surface area contributed by atoms with E-state index in [9.17, 15) is 14.9 Å². The minimum Gasteiger partial charge on any atom is -0.462 e. The summed E-state index contributed by atoms with van der Waals surface area (Å²) in [5.74, 6) is 0.671. The number of carbonyl (C=O) groups is 1. The van der Waals surface area contributed by atoms with Gasteiger partial charge >= 0.3 is 5.97 Å². The number of nitrogens with zero attached hydrogens (tertiary/aromatic N) is 2. The van der Waals surface area contributed by atoms with Crippen molar-refractivity contribution in [2.45, 2.75) is 51.2 Å². The number of para-hydroxylation sites is 1. The molecule has 3 fully saturated rings. The Morgan fingerprint density at radius 1 is 1.22 bits per heavy atom. The summed E-state index contributed by atoms with van der Waals surface area (Å²) in [5.41, 5.74) is 3.43. The van der Waals surface area contributed by atoms with Crippen molar-refractivity contribution in [3.05, 3.63) is 39.9 Å². The first-order chi connectivity index (χ1) is 13.0. The number of esters is 1. The highest BCUT2D eigenvalue weighted by Gasteiger charge is 2.57. The molecule has 0 bridgehead atoms. The van der Waals surface area contributed by atoms with Gasteiger partial charge in [-0.05, 0) is 43.2 Å². The first kappa shape index (κ1) is 16.9. The molecule has 1 aromatic rings. The molecule has 27 heavy (non-hydrogen) atoms. The third kappa shape index (κ3) is 2.60. The lowest BCUT2D eigenvalue weighted by atomic mass is 9.55. The van der Waals surface area contributed by atoms with E-state index in [2.05, 4.69) is 6.07 Å². The predicted molar refractivity (Wildman–Crippen MR) is 99.5 cm³/mol. The molecule has 1 aromatic carbocycles. The minimum absolute atomic E-state index is 0.104. The van der Waals surface area contributed by atoms with Crippen molar-refractivity contribution < 1.29 is 14.5 Å². The molecule has 1 saturated heterocycles. The maximum atomic E-state index is 12.5. The van der Waals surface area contributed by atoms with E-state index in [1.807, 2.05) is 25.1 Å². The van der Waals surface area contributed by atoms with E-state index < -0.39 is 6.04 Å². The van der Waals surface area contributed by atoms with E-state index >= 15 is 0 Å². The van der Waals surface area contributed by atoms with E-state index in [4.69, 9.17) is 9.73 Å². The Balaban J connectivity index is 1.51. The fraction of sp³-hybridized carbons (Fsp3) is 0.619. The van der Waals surface area contributed by atoms with E-state index in [1.165, 1.54) is 5.56 Å². The molecule has 0 N–H and O–H groups in total. The number of fused-ring (bicyclic) bond motifs is 3. The molecule has 0 radical (unpaired) electrons. The molecule has 6 heteroatoms. The molecular weight excluding hydrogens is 344 g/mol. The Kier molecular flexibility index (Phi) is 3.85. The van der Waals surface area contributed by atoms with Gasteiger partial charge in [-0.1, -0.05) is 18.2 Å². The third-order valence-electron chi connectivity index (χ3n) is 7.37. The Bertz CT molecular complexity index is 835. The molecule has 2 aliphatic heterocycles. The highest BCUT2D eigenvalue weighted by Crippen LogP contribution is 2.54. The van der Waals surface area contributed by atoms with Gasteiger partial charge in [0.1, 0.15) is 6.10 Å². The smallest absolute Gasteiger partial charge is 0.309 e. The van der Waals surface area contributed by atoms with Gasteiger partial charge in [0, 0.05) is 41.7 Å². The Labute approximate surface area is 158 Å². The fourth-order valence-electron chi connectivity index (χ4n) is 6.26. The molecule has 5 rings (SSSR count). The van der Waals surface area contributed by atoms with Gasteiger partial charge in [-0.3, -0.25) is 19.9 Å². The minimum atomic E-state index is -0.471. The number of rotatable bonds is 2. The highest BCUT2D eigenvalue weighted by molar-refractivity contribution is 5.97. The summed E-state index contributed by atoms with van der Waals surface area (Å²) in [6.45, 7) is 2.00. The van der Waals surface area contributed by atoms with Crippen LogP contribution in [0.25, 0.3) is 0 Å². The lowest BCUT2D eigenvalue weighted by Gasteiger charge is -2.47. The summed E-state index contributed by atoms with van der Waals surface area (Å²) in [4.78, 5) is 28.7. The standard InChI is InChI=1S/C21H24N2O4/c1-11-19-16(21(24)27-11)9-13-8-14(23(25)26)6-7-15(13)20(19)18-10-12-4-2-3-5-17(12)22-18/h2-5,11,13-16,19-20H,6-10H2,1H3/t11-,13?,14-,15-,16-,19-,20-/m1/s1. The van der Waals surface area contributed by atoms with Gasteiger partial charge in [0.2, 0.25) is 6.04 Å². The van der Waals surface area contributed by atoms with Crippen molar-refractivity contribution in [3.8, 4) is 0 Å². The van der Waals surface area contributed by atoms with E-state index in [1.54, 1.807) is 0 Å². The lowest BCUT2D eigenvalue weighted by molar-refractivity contribution is -0.529. The lowest BCUT2D eigenvalue weighted by Crippen LogP contribution is -2.49. The number of cyclic esters (lactones) is 1. The summed E-state index contributed by atoms with van der Waals surface area (Å²) >= 11 is 0. The van der Waals surface area contributed by atoms with Crippen molar-refractivity contribution in [3.63, 3.8) is 0 Å². The van der Waals surface area contributed by atoms with Gasteiger partial charge in [-0.15, -0.1) is 0 Å². The van der Waals surface area contributed by atoms with Crippen molar-refractivity contribution in [1.29, 1.82) is 0 Å². The van der Waals surface area contributed by atoms with Gasteiger partial charge in [0.05, 0.1) is 11.6 Å². The maximum absolute atomic E-state index is 12.5. The van der Waals surface area contributed by atoms with Crippen LogP contribution >= 0.6 is 0 Å². The Hall–Kier alpha value is -2.24. The zero-order valence-electron chi connectivity index (χ0n) is 15.4. The van der Waals surface area contributed by atoms with Crippen molar-refractivity contribution in [1.82, 2.24) is 0 Å². The van der Waals surface area contributed by atoms with E-state index in [0.29, 0.717) is 18.8 Å². The highest BCUT2D eigenvalue weighted by atomic mass is 16.6. The first-order valence-corrected chi connectivity index (χ1v) is 10.0. The molecule has 1 unspecified atom stereocenters. The average Bonchev–Trinajstić information content (AvgIpc) is 3.20. The van der Waals surface area contributed by atoms with Crippen LogP contribution in [0.1, 0.15) is 38.2 Å². The van der Waals surface area contributed by atoms with Gasteiger partial charge in [0.25, 0.3) is 0 Å². The second-order valence-electron chi connectivity index (χ2n) is 8.67. The van der Waals surface area contributed by atoms with Crippen LogP contribution in [-0.2, 0) is 16.0 Å². The molecule has 2 heterocycles. The first-order valence-electron chi connectivity index (χ1n) is 10.0. The summed E-state index contributed by atoms with van der Waals surface area (Å²) in [7, 11) is 0. The molecule has 0 amide bonds. The number of carbonyl (C=O) groups excluding carboxylic acids is 1. The van der Waals surface area contributed by atoms with Crippen molar-refractivity contribution in [2.24, 2.45) is 34.6 Å².